The number of hydrogen-bond donors (Lipinski definition) is 0. The van der Waals surface area contributed by atoms with Gasteiger partial charge in [-0.05, 0) is 24.8 Å². The van der Waals surface area contributed by atoms with Crippen LogP contribution >= 0.6 is 0 Å². The topological polar surface area (TPSA) is 4.93 Å². The molecule has 83 valence electrons. The molecule has 2 aromatic rings. The first-order valence-corrected chi connectivity index (χ1v) is 6.39. The highest BCUT2D eigenvalue weighted by molar-refractivity contribution is 5.79. The summed E-state index contributed by atoms with van der Waals surface area (Å²) in [5, 5.41) is 1.25. The lowest BCUT2D eigenvalue weighted by molar-refractivity contribution is 0.322. The van der Waals surface area contributed by atoms with Crippen LogP contribution in [0.1, 0.15) is 32.1 Å². The lowest BCUT2D eigenvalue weighted by Gasteiger charge is -2.22. The summed E-state index contributed by atoms with van der Waals surface area (Å²) in [7, 11) is 0. The standard InChI is InChI=1S/C15H18N/c1-2-6-13(7-3-1)12-16-11-10-14-8-4-5-9-15(14)16/h4-5,8-9,11,13H,1-3,6-7,12H2. The van der Waals surface area contributed by atoms with Gasteiger partial charge < -0.3 is 4.57 Å². The summed E-state index contributed by atoms with van der Waals surface area (Å²) in [6, 6.07) is 11.9. The zero-order chi connectivity index (χ0) is 10.8. The highest BCUT2D eigenvalue weighted by Gasteiger charge is 2.14. The van der Waals surface area contributed by atoms with E-state index < -0.39 is 0 Å². The highest BCUT2D eigenvalue weighted by atomic mass is 15.0. The first kappa shape index (κ1) is 9.95. The number of fused-ring (bicyclic) bond motifs is 1. The molecule has 1 radical (unpaired) electrons. The minimum atomic E-state index is 0.887. The second kappa shape index (κ2) is 4.32. The Labute approximate surface area is 97.1 Å². The average molecular weight is 212 g/mol. The molecule has 0 spiro atoms. The first-order valence-electron chi connectivity index (χ1n) is 6.39. The van der Waals surface area contributed by atoms with E-state index in [-0.39, 0.29) is 0 Å². The van der Waals surface area contributed by atoms with Crippen LogP contribution in [0.15, 0.2) is 30.5 Å². The van der Waals surface area contributed by atoms with Crippen LogP contribution in [-0.2, 0) is 6.54 Å². The van der Waals surface area contributed by atoms with E-state index in [4.69, 9.17) is 0 Å². The van der Waals surface area contributed by atoms with E-state index in [0.29, 0.717) is 0 Å². The van der Waals surface area contributed by atoms with Gasteiger partial charge in [0.2, 0.25) is 0 Å². The summed E-state index contributed by atoms with van der Waals surface area (Å²) in [5.74, 6) is 0.887. The Morgan fingerprint density at radius 2 is 1.94 bits per heavy atom. The molecule has 0 N–H and O–H groups in total. The predicted octanol–water partition coefficient (Wildman–Crippen LogP) is 4.02. The van der Waals surface area contributed by atoms with Gasteiger partial charge in [0.25, 0.3) is 0 Å². The maximum atomic E-state index is 3.34. The fourth-order valence-electron chi connectivity index (χ4n) is 2.86. The molecule has 1 nitrogen and oxygen atoms in total. The van der Waals surface area contributed by atoms with E-state index in [1.807, 2.05) is 0 Å². The summed E-state index contributed by atoms with van der Waals surface area (Å²) in [6.45, 7) is 1.18. The molecule has 1 aromatic heterocycles. The molecule has 1 saturated carbocycles. The van der Waals surface area contributed by atoms with E-state index in [0.717, 1.165) is 5.92 Å². The predicted molar refractivity (Wildman–Crippen MR) is 67.3 cm³/mol. The summed E-state index contributed by atoms with van der Waals surface area (Å²) in [6.07, 6.45) is 9.23. The third kappa shape index (κ3) is 1.87. The van der Waals surface area contributed by atoms with E-state index in [1.54, 1.807) is 0 Å². The molecular formula is C15H18N. The molecule has 0 bridgehead atoms. The van der Waals surface area contributed by atoms with Crippen LogP contribution in [0.3, 0.4) is 0 Å². The van der Waals surface area contributed by atoms with Crippen LogP contribution in [0.25, 0.3) is 10.9 Å². The molecular weight excluding hydrogens is 194 g/mol. The Kier molecular flexibility index (Phi) is 2.69. The van der Waals surface area contributed by atoms with Crippen molar-refractivity contribution >= 4 is 10.9 Å². The van der Waals surface area contributed by atoms with Crippen LogP contribution in [-0.4, -0.2) is 4.57 Å². The number of hydrogen-bond acceptors (Lipinski definition) is 0. The minimum Gasteiger partial charge on any atom is -0.347 e. The molecule has 1 aliphatic carbocycles. The van der Waals surface area contributed by atoms with Crippen molar-refractivity contribution in [2.75, 3.05) is 0 Å². The lowest BCUT2D eigenvalue weighted by atomic mass is 9.89. The van der Waals surface area contributed by atoms with Crippen molar-refractivity contribution in [3.8, 4) is 0 Å². The van der Waals surface area contributed by atoms with Gasteiger partial charge in [0.05, 0.1) is 0 Å². The molecule has 1 heteroatoms. The summed E-state index contributed by atoms with van der Waals surface area (Å²) < 4.78 is 2.38. The van der Waals surface area contributed by atoms with Gasteiger partial charge in [-0.3, -0.25) is 0 Å². The number of para-hydroxylation sites is 1. The van der Waals surface area contributed by atoms with Gasteiger partial charge >= 0.3 is 0 Å². The normalized spacial score (nSPS) is 18.0. The number of nitrogens with zero attached hydrogens (tertiary/aromatic N) is 1. The smallest absolute Gasteiger partial charge is 0.0486 e. The Balaban J connectivity index is 1.83. The maximum absolute atomic E-state index is 3.34. The third-order valence-corrected chi connectivity index (χ3v) is 3.77. The SMILES string of the molecule is [c]1cn(CC2CCCCC2)c2ccccc12. The molecule has 0 unspecified atom stereocenters. The zero-order valence-corrected chi connectivity index (χ0v) is 9.65. The second-order valence-electron chi connectivity index (χ2n) is 4.95. The van der Waals surface area contributed by atoms with E-state index in [2.05, 4.69) is 41.1 Å². The Morgan fingerprint density at radius 3 is 2.81 bits per heavy atom. The molecule has 0 amide bonds. The molecule has 1 fully saturated rings. The van der Waals surface area contributed by atoms with Gasteiger partial charge in [-0.25, -0.2) is 0 Å². The van der Waals surface area contributed by atoms with Crippen molar-refractivity contribution in [3.63, 3.8) is 0 Å². The van der Waals surface area contributed by atoms with Gasteiger partial charge in [-0.15, -0.1) is 0 Å². The van der Waals surface area contributed by atoms with Crippen LogP contribution in [0, 0.1) is 12.0 Å². The van der Waals surface area contributed by atoms with Crippen molar-refractivity contribution < 1.29 is 0 Å². The van der Waals surface area contributed by atoms with Crippen LogP contribution in [0.5, 0.6) is 0 Å². The highest BCUT2D eigenvalue weighted by Crippen LogP contribution is 2.26. The summed E-state index contributed by atoms with van der Waals surface area (Å²) in [4.78, 5) is 0. The van der Waals surface area contributed by atoms with Gasteiger partial charge in [0, 0.05) is 29.7 Å². The fraction of sp³-hybridized carbons (Fsp3) is 0.467. The number of rotatable bonds is 2. The van der Waals surface area contributed by atoms with Crippen LogP contribution < -0.4 is 0 Å². The largest absolute Gasteiger partial charge is 0.347 e. The molecule has 1 heterocycles. The minimum absolute atomic E-state index is 0.887. The maximum Gasteiger partial charge on any atom is 0.0486 e. The third-order valence-electron chi connectivity index (χ3n) is 3.77. The Hall–Kier alpha value is -1.24. The first-order chi connectivity index (χ1) is 7.93. The molecule has 3 rings (SSSR count). The summed E-state index contributed by atoms with van der Waals surface area (Å²) >= 11 is 0. The molecule has 0 atom stereocenters. The van der Waals surface area contributed by atoms with E-state index in [9.17, 15) is 0 Å². The van der Waals surface area contributed by atoms with Crippen molar-refractivity contribution in [2.24, 2.45) is 5.92 Å². The lowest BCUT2D eigenvalue weighted by Crippen LogP contribution is -2.13. The zero-order valence-electron chi connectivity index (χ0n) is 9.65. The second-order valence-corrected chi connectivity index (χ2v) is 4.95. The van der Waals surface area contributed by atoms with Crippen LogP contribution in [0.4, 0.5) is 0 Å². The number of benzene rings is 1. The van der Waals surface area contributed by atoms with Gasteiger partial charge in [0.1, 0.15) is 0 Å². The Bertz CT molecular complexity index is 463. The molecule has 0 saturated heterocycles. The molecule has 1 aromatic carbocycles. The van der Waals surface area contributed by atoms with Crippen molar-refractivity contribution in [3.05, 3.63) is 36.5 Å². The van der Waals surface area contributed by atoms with Crippen molar-refractivity contribution in [2.45, 2.75) is 38.6 Å². The van der Waals surface area contributed by atoms with E-state index in [1.165, 1.54) is 49.6 Å². The summed E-state index contributed by atoms with van der Waals surface area (Å²) in [5.41, 5.74) is 1.34. The molecule has 0 aliphatic heterocycles. The molecule has 1 aliphatic rings. The van der Waals surface area contributed by atoms with Gasteiger partial charge in [0.15, 0.2) is 0 Å². The number of aromatic nitrogens is 1. The van der Waals surface area contributed by atoms with Gasteiger partial charge in [-0.2, -0.15) is 0 Å². The van der Waals surface area contributed by atoms with Crippen LogP contribution in [0.2, 0.25) is 0 Å². The monoisotopic (exact) mass is 212 g/mol. The molecule has 16 heavy (non-hydrogen) atoms. The quantitative estimate of drug-likeness (QED) is 0.708. The van der Waals surface area contributed by atoms with Crippen molar-refractivity contribution in [1.29, 1.82) is 0 Å². The van der Waals surface area contributed by atoms with Gasteiger partial charge in [-0.1, -0.05) is 37.5 Å². The Morgan fingerprint density at radius 1 is 1.12 bits per heavy atom. The van der Waals surface area contributed by atoms with E-state index >= 15 is 0 Å². The average Bonchev–Trinajstić information content (AvgIpc) is 2.74. The fourth-order valence-corrected chi connectivity index (χ4v) is 2.86. The van der Waals surface area contributed by atoms with Crippen molar-refractivity contribution in [1.82, 2.24) is 4.57 Å².